The second-order valence-electron chi connectivity index (χ2n) is 7.30. The van der Waals surface area contributed by atoms with Gasteiger partial charge >= 0.3 is 0 Å². The summed E-state index contributed by atoms with van der Waals surface area (Å²) in [5.41, 5.74) is 1.71. The SMILES string of the molecule is CCCc1nn2c(=O)cc(COc3ccc(/C=C(/C#N)C(=O)Nc4nc(C)cs4)cc3)nc2s1. The summed E-state index contributed by atoms with van der Waals surface area (Å²) in [5, 5.41) is 19.4. The maximum absolute atomic E-state index is 12.3. The van der Waals surface area contributed by atoms with Gasteiger partial charge in [-0.05, 0) is 37.1 Å². The third-order valence-electron chi connectivity index (χ3n) is 4.59. The zero-order valence-corrected chi connectivity index (χ0v) is 20.1. The first kappa shape index (κ1) is 23.3. The molecule has 3 heterocycles. The number of carbonyl (C=O) groups is 1. The molecule has 0 atom stereocenters. The highest BCUT2D eigenvalue weighted by Gasteiger charge is 2.12. The van der Waals surface area contributed by atoms with Gasteiger partial charge in [0.05, 0.1) is 11.4 Å². The number of hydrogen-bond donors (Lipinski definition) is 1. The zero-order valence-electron chi connectivity index (χ0n) is 18.4. The van der Waals surface area contributed by atoms with Gasteiger partial charge in [-0.25, -0.2) is 9.97 Å². The normalized spacial score (nSPS) is 11.4. The average Bonchev–Trinajstić information content (AvgIpc) is 3.42. The molecule has 11 heteroatoms. The van der Waals surface area contributed by atoms with Crippen molar-refractivity contribution in [3.05, 3.63) is 73.6 Å². The second kappa shape index (κ2) is 10.4. The molecule has 0 saturated carbocycles. The van der Waals surface area contributed by atoms with Gasteiger partial charge in [0, 0.05) is 17.9 Å². The van der Waals surface area contributed by atoms with Crippen LogP contribution in [0, 0.1) is 18.3 Å². The number of nitrogens with one attached hydrogen (secondary N) is 1. The van der Waals surface area contributed by atoms with Gasteiger partial charge in [0.15, 0.2) is 5.13 Å². The lowest BCUT2D eigenvalue weighted by Gasteiger charge is -2.06. The second-order valence-corrected chi connectivity index (χ2v) is 9.20. The lowest BCUT2D eigenvalue weighted by molar-refractivity contribution is -0.112. The Morgan fingerprint density at radius 3 is 2.76 bits per heavy atom. The standard InChI is InChI=1S/C23H20N6O3S2/c1-3-4-19-28-29-20(30)10-17(26-23(29)34-19)12-32-18-7-5-15(6-8-18)9-16(11-24)21(31)27-22-25-14(2)13-33-22/h5-10,13H,3-4,12H2,1-2H3,(H,25,27,31)/b16-9-. The lowest BCUT2D eigenvalue weighted by Crippen LogP contribution is -2.16. The van der Waals surface area contributed by atoms with E-state index in [0.29, 0.717) is 27.1 Å². The molecule has 1 aromatic carbocycles. The van der Waals surface area contributed by atoms with Crippen LogP contribution in [0.4, 0.5) is 5.13 Å². The number of thiazole rings is 1. The highest BCUT2D eigenvalue weighted by Crippen LogP contribution is 2.19. The van der Waals surface area contributed by atoms with E-state index in [9.17, 15) is 14.9 Å². The predicted molar refractivity (Wildman–Crippen MR) is 131 cm³/mol. The predicted octanol–water partition coefficient (Wildman–Crippen LogP) is 3.99. The summed E-state index contributed by atoms with van der Waals surface area (Å²) < 4.78 is 7.09. The summed E-state index contributed by atoms with van der Waals surface area (Å²) in [6.07, 6.45) is 3.25. The molecule has 0 unspecified atom stereocenters. The van der Waals surface area contributed by atoms with Gasteiger partial charge in [0.1, 0.15) is 29.0 Å². The molecule has 0 aliphatic heterocycles. The molecular weight excluding hydrogens is 472 g/mol. The quantitative estimate of drug-likeness (QED) is 0.291. The van der Waals surface area contributed by atoms with Crippen LogP contribution in [0.25, 0.3) is 11.0 Å². The van der Waals surface area contributed by atoms with Crippen LogP contribution < -0.4 is 15.6 Å². The van der Waals surface area contributed by atoms with Crippen molar-refractivity contribution >= 4 is 44.7 Å². The Morgan fingerprint density at radius 2 is 2.09 bits per heavy atom. The number of ether oxygens (including phenoxy) is 1. The number of aryl methyl sites for hydroxylation is 2. The fourth-order valence-corrected chi connectivity index (χ4v) is 4.70. The molecule has 0 spiro atoms. The molecule has 172 valence electrons. The van der Waals surface area contributed by atoms with Gasteiger partial charge in [-0.2, -0.15) is 14.9 Å². The van der Waals surface area contributed by atoms with Crippen LogP contribution in [0.15, 0.2) is 46.1 Å². The molecule has 34 heavy (non-hydrogen) atoms. The smallest absolute Gasteiger partial charge is 0.275 e. The Kier molecular flexibility index (Phi) is 7.10. The van der Waals surface area contributed by atoms with Crippen LogP contribution in [0.2, 0.25) is 0 Å². The summed E-state index contributed by atoms with van der Waals surface area (Å²) in [6, 6.07) is 10.3. The van der Waals surface area contributed by atoms with Crippen LogP contribution in [0.5, 0.6) is 5.75 Å². The van der Waals surface area contributed by atoms with Gasteiger partial charge in [0.25, 0.3) is 11.5 Å². The highest BCUT2D eigenvalue weighted by molar-refractivity contribution is 7.16. The molecule has 0 radical (unpaired) electrons. The number of amides is 1. The van der Waals surface area contributed by atoms with Crippen molar-refractivity contribution in [1.82, 2.24) is 19.6 Å². The first-order valence-corrected chi connectivity index (χ1v) is 12.1. The van der Waals surface area contributed by atoms with E-state index in [4.69, 9.17) is 4.74 Å². The lowest BCUT2D eigenvalue weighted by atomic mass is 10.1. The molecule has 1 amide bonds. The minimum Gasteiger partial charge on any atom is -0.487 e. The number of nitriles is 1. The molecule has 4 rings (SSSR count). The first-order chi connectivity index (χ1) is 16.4. The number of aromatic nitrogens is 4. The minimum atomic E-state index is -0.518. The van der Waals surface area contributed by atoms with E-state index >= 15 is 0 Å². The largest absolute Gasteiger partial charge is 0.487 e. The highest BCUT2D eigenvalue weighted by atomic mass is 32.1. The monoisotopic (exact) mass is 492 g/mol. The Labute approximate surface area is 203 Å². The molecule has 9 nitrogen and oxygen atoms in total. The molecule has 4 aromatic rings. The van der Waals surface area contributed by atoms with Gasteiger partial charge in [-0.3, -0.25) is 14.9 Å². The number of benzene rings is 1. The van der Waals surface area contributed by atoms with Crippen LogP contribution in [0.3, 0.4) is 0 Å². The fraction of sp³-hybridized carbons (Fsp3) is 0.217. The number of carbonyl (C=O) groups excluding carboxylic acids is 1. The number of fused-ring (bicyclic) bond motifs is 1. The Hall–Kier alpha value is -3.88. The van der Waals surface area contributed by atoms with Crippen molar-refractivity contribution in [2.75, 3.05) is 5.32 Å². The molecule has 3 aromatic heterocycles. The van der Waals surface area contributed by atoms with Crippen LogP contribution in [-0.4, -0.2) is 25.5 Å². The fourth-order valence-electron chi connectivity index (χ4n) is 2.99. The van der Waals surface area contributed by atoms with Gasteiger partial charge in [0.2, 0.25) is 4.96 Å². The molecule has 0 aliphatic carbocycles. The van der Waals surface area contributed by atoms with Crippen molar-refractivity contribution in [1.29, 1.82) is 5.26 Å². The van der Waals surface area contributed by atoms with E-state index in [1.807, 2.05) is 18.4 Å². The summed E-state index contributed by atoms with van der Waals surface area (Å²) in [7, 11) is 0. The van der Waals surface area contributed by atoms with Gasteiger partial charge < -0.3 is 4.74 Å². The first-order valence-electron chi connectivity index (χ1n) is 10.4. The van der Waals surface area contributed by atoms with Crippen molar-refractivity contribution in [3.63, 3.8) is 0 Å². The topological polar surface area (TPSA) is 122 Å². The molecule has 0 aliphatic rings. The Balaban J connectivity index is 1.42. The zero-order chi connectivity index (χ0) is 24.1. The van der Waals surface area contributed by atoms with Gasteiger partial charge in [-0.1, -0.05) is 30.4 Å². The number of anilines is 1. The summed E-state index contributed by atoms with van der Waals surface area (Å²) in [4.78, 5) is 33.9. The van der Waals surface area contributed by atoms with Gasteiger partial charge in [-0.15, -0.1) is 11.3 Å². The van der Waals surface area contributed by atoms with E-state index in [1.54, 1.807) is 24.3 Å². The summed E-state index contributed by atoms with van der Waals surface area (Å²) in [6.45, 7) is 4.01. The van der Waals surface area contributed by atoms with Crippen LogP contribution in [0.1, 0.15) is 35.3 Å². The number of nitrogens with zero attached hydrogens (tertiary/aromatic N) is 5. The molecule has 1 N–H and O–H groups in total. The molecule has 0 fully saturated rings. The van der Waals surface area contributed by atoms with Crippen molar-refractivity contribution in [3.8, 4) is 11.8 Å². The van der Waals surface area contributed by atoms with E-state index in [0.717, 1.165) is 23.5 Å². The summed E-state index contributed by atoms with van der Waals surface area (Å²) in [5.74, 6) is 0.0476. The van der Waals surface area contributed by atoms with Crippen molar-refractivity contribution in [2.24, 2.45) is 0 Å². The van der Waals surface area contributed by atoms with E-state index < -0.39 is 5.91 Å². The van der Waals surface area contributed by atoms with Crippen LogP contribution in [-0.2, 0) is 17.8 Å². The molecular formula is C23H20N6O3S2. The Morgan fingerprint density at radius 1 is 1.29 bits per heavy atom. The third kappa shape index (κ3) is 5.54. The molecule has 0 saturated heterocycles. The minimum absolute atomic E-state index is 0.0356. The van der Waals surface area contributed by atoms with Crippen molar-refractivity contribution in [2.45, 2.75) is 33.3 Å². The van der Waals surface area contributed by atoms with E-state index in [-0.39, 0.29) is 17.7 Å². The maximum Gasteiger partial charge on any atom is 0.275 e. The van der Waals surface area contributed by atoms with E-state index in [1.165, 1.54) is 39.3 Å². The Bertz CT molecular complexity index is 1460. The van der Waals surface area contributed by atoms with Crippen molar-refractivity contribution < 1.29 is 9.53 Å². The number of hydrogen-bond acceptors (Lipinski definition) is 9. The summed E-state index contributed by atoms with van der Waals surface area (Å²) >= 11 is 2.70. The van der Waals surface area contributed by atoms with Crippen LogP contribution >= 0.6 is 22.7 Å². The third-order valence-corrected chi connectivity index (χ3v) is 6.43. The molecule has 0 bridgehead atoms. The number of rotatable bonds is 8. The average molecular weight is 493 g/mol. The van der Waals surface area contributed by atoms with E-state index in [2.05, 4.69) is 27.3 Å². The maximum atomic E-state index is 12.3.